The molecule has 0 radical (unpaired) electrons. The summed E-state index contributed by atoms with van der Waals surface area (Å²) >= 11 is 0. The third kappa shape index (κ3) is 4.59. The maximum atomic E-state index is 12.0. The Morgan fingerprint density at radius 1 is 1.06 bits per heavy atom. The van der Waals surface area contributed by atoms with E-state index in [-0.39, 0.29) is 12.6 Å². The van der Waals surface area contributed by atoms with Crippen molar-refractivity contribution in [2.75, 3.05) is 24.4 Å². The molecule has 0 bridgehead atoms. The van der Waals surface area contributed by atoms with E-state index in [1.807, 2.05) is 36.4 Å². The number of methoxy groups -OCH3 is 1. The minimum absolute atomic E-state index is 0.0184. The highest BCUT2D eigenvalue weighted by atomic mass is 16.5. The lowest BCUT2D eigenvalue weighted by Crippen LogP contribution is -2.37. The fourth-order valence-electron chi connectivity index (χ4n) is 3.15. The SMILES string of the molecule is COC(=O)[C@@H](N)COc1ccc(-c2cccc(Nc3c(NC4CC4)c(=O)c3=O)c2)cc1. The van der Waals surface area contributed by atoms with Gasteiger partial charge in [0, 0.05) is 11.7 Å². The first-order valence-corrected chi connectivity index (χ1v) is 10.00. The first kappa shape index (κ1) is 20.6. The van der Waals surface area contributed by atoms with Gasteiger partial charge in [-0.2, -0.15) is 0 Å². The number of carbonyl (C=O) groups is 1. The van der Waals surface area contributed by atoms with Crippen LogP contribution >= 0.6 is 0 Å². The number of nitrogens with one attached hydrogen (secondary N) is 2. The van der Waals surface area contributed by atoms with Crippen molar-refractivity contribution in [3.05, 3.63) is 69.0 Å². The zero-order valence-corrected chi connectivity index (χ0v) is 17.0. The third-order valence-electron chi connectivity index (χ3n) is 5.09. The first-order valence-electron chi connectivity index (χ1n) is 10.00. The molecule has 1 fully saturated rings. The molecule has 1 aliphatic carbocycles. The lowest BCUT2D eigenvalue weighted by Gasteiger charge is -2.15. The molecule has 0 heterocycles. The molecule has 8 heteroatoms. The fraction of sp³-hybridized carbons (Fsp3) is 0.261. The summed E-state index contributed by atoms with van der Waals surface area (Å²) in [4.78, 5) is 35.2. The molecule has 0 spiro atoms. The highest BCUT2D eigenvalue weighted by Gasteiger charge is 2.28. The van der Waals surface area contributed by atoms with Crippen molar-refractivity contribution >= 4 is 23.0 Å². The fourth-order valence-corrected chi connectivity index (χ4v) is 3.15. The molecule has 31 heavy (non-hydrogen) atoms. The average Bonchev–Trinajstić information content (AvgIpc) is 3.63. The van der Waals surface area contributed by atoms with Crippen molar-refractivity contribution < 1.29 is 14.3 Å². The van der Waals surface area contributed by atoms with Crippen LogP contribution in [0, 0.1) is 0 Å². The van der Waals surface area contributed by atoms with Gasteiger partial charge in [-0.1, -0.05) is 24.3 Å². The summed E-state index contributed by atoms with van der Waals surface area (Å²) in [6, 6.07) is 14.3. The number of hydrogen-bond donors (Lipinski definition) is 3. The molecule has 0 saturated heterocycles. The number of esters is 1. The zero-order valence-electron chi connectivity index (χ0n) is 17.0. The number of anilines is 3. The molecule has 4 N–H and O–H groups in total. The summed E-state index contributed by atoms with van der Waals surface area (Å²) in [5, 5.41) is 6.20. The Bertz CT molecular complexity index is 1160. The van der Waals surface area contributed by atoms with Gasteiger partial charge in [0.1, 0.15) is 29.8 Å². The van der Waals surface area contributed by atoms with Crippen LogP contribution in [0.3, 0.4) is 0 Å². The van der Waals surface area contributed by atoms with Crippen LogP contribution in [0.15, 0.2) is 58.1 Å². The van der Waals surface area contributed by atoms with Gasteiger partial charge >= 0.3 is 5.97 Å². The minimum Gasteiger partial charge on any atom is -0.491 e. The number of carbonyl (C=O) groups excluding carboxylic acids is 1. The van der Waals surface area contributed by atoms with E-state index < -0.39 is 22.9 Å². The van der Waals surface area contributed by atoms with Gasteiger partial charge in [-0.05, 0) is 48.2 Å². The van der Waals surface area contributed by atoms with Crippen LogP contribution in [0.4, 0.5) is 17.1 Å². The van der Waals surface area contributed by atoms with Crippen molar-refractivity contribution in [3.8, 4) is 16.9 Å². The molecule has 3 aromatic rings. The van der Waals surface area contributed by atoms with E-state index in [1.165, 1.54) is 7.11 Å². The van der Waals surface area contributed by atoms with Crippen LogP contribution < -0.4 is 32.0 Å². The van der Waals surface area contributed by atoms with Gasteiger partial charge in [0.15, 0.2) is 0 Å². The summed E-state index contributed by atoms with van der Waals surface area (Å²) in [7, 11) is 1.28. The lowest BCUT2D eigenvalue weighted by molar-refractivity contribution is -0.142. The van der Waals surface area contributed by atoms with Gasteiger partial charge in [-0.3, -0.25) is 14.4 Å². The van der Waals surface area contributed by atoms with E-state index in [0.717, 1.165) is 24.0 Å². The van der Waals surface area contributed by atoms with E-state index in [2.05, 4.69) is 15.4 Å². The standard InChI is InChI=1S/C23H23N3O5/c1-30-23(29)18(24)12-31-17-9-5-13(6-10-17)14-3-2-4-16(11-14)26-20-19(21(27)22(20)28)25-15-7-8-15/h2-6,9-11,15,18,25-26H,7-8,12,24H2,1H3/t18-/m0/s1. The molecule has 3 aromatic carbocycles. The quantitative estimate of drug-likeness (QED) is 0.355. The predicted molar refractivity (Wildman–Crippen MR) is 119 cm³/mol. The van der Waals surface area contributed by atoms with Crippen molar-refractivity contribution in [3.63, 3.8) is 0 Å². The smallest absolute Gasteiger partial charge is 0.326 e. The largest absolute Gasteiger partial charge is 0.491 e. The normalized spacial score (nSPS) is 14.1. The van der Waals surface area contributed by atoms with E-state index in [4.69, 9.17) is 10.5 Å². The molecule has 0 amide bonds. The topological polar surface area (TPSA) is 120 Å². The van der Waals surface area contributed by atoms with E-state index >= 15 is 0 Å². The monoisotopic (exact) mass is 421 g/mol. The number of nitrogens with two attached hydrogens (primary N) is 1. The number of hydrogen-bond acceptors (Lipinski definition) is 8. The Labute approximate surface area is 178 Å². The molecule has 0 aromatic heterocycles. The van der Waals surface area contributed by atoms with E-state index in [0.29, 0.717) is 22.8 Å². The number of benzene rings is 2. The average molecular weight is 421 g/mol. The van der Waals surface area contributed by atoms with Gasteiger partial charge in [0.2, 0.25) is 0 Å². The highest BCUT2D eigenvalue weighted by molar-refractivity contribution is 5.80. The maximum Gasteiger partial charge on any atom is 0.326 e. The Morgan fingerprint density at radius 3 is 2.45 bits per heavy atom. The van der Waals surface area contributed by atoms with Gasteiger partial charge in [-0.15, -0.1) is 0 Å². The molecule has 8 nitrogen and oxygen atoms in total. The Balaban J connectivity index is 1.44. The number of ether oxygens (including phenoxy) is 2. The van der Waals surface area contributed by atoms with Crippen LogP contribution in [0.2, 0.25) is 0 Å². The molecule has 0 unspecified atom stereocenters. The highest BCUT2D eigenvalue weighted by Crippen LogP contribution is 2.30. The molecular weight excluding hydrogens is 398 g/mol. The van der Waals surface area contributed by atoms with E-state index in [9.17, 15) is 14.4 Å². The summed E-state index contributed by atoms with van der Waals surface area (Å²) in [5.41, 5.74) is 7.99. The molecule has 1 atom stereocenters. The molecule has 4 rings (SSSR count). The first-order chi connectivity index (χ1) is 15.0. The van der Waals surface area contributed by atoms with E-state index in [1.54, 1.807) is 12.1 Å². The van der Waals surface area contributed by atoms with Crippen molar-refractivity contribution in [1.82, 2.24) is 0 Å². The minimum atomic E-state index is -0.845. The van der Waals surface area contributed by atoms with Crippen LogP contribution in [0.5, 0.6) is 5.75 Å². The zero-order chi connectivity index (χ0) is 22.0. The van der Waals surface area contributed by atoms with Crippen LogP contribution in [0.25, 0.3) is 11.1 Å². The summed E-state index contributed by atoms with van der Waals surface area (Å²) in [6.45, 7) is 0.0184. The second-order valence-electron chi connectivity index (χ2n) is 7.50. The summed E-state index contributed by atoms with van der Waals surface area (Å²) in [5.74, 6) is 0.0510. The molecule has 1 aliphatic rings. The molecule has 1 saturated carbocycles. The van der Waals surface area contributed by atoms with Crippen LogP contribution in [-0.4, -0.2) is 31.8 Å². The summed E-state index contributed by atoms with van der Waals surface area (Å²) in [6.07, 6.45) is 2.03. The summed E-state index contributed by atoms with van der Waals surface area (Å²) < 4.78 is 10.1. The Kier molecular flexibility index (Phi) is 5.73. The maximum absolute atomic E-state index is 12.0. The third-order valence-corrected chi connectivity index (χ3v) is 5.09. The van der Waals surface area contributed by atoms with Gasteiger partial charge in [-0.25, -0.2) is 0 Å². The molecule has 0 aliphatic heterocycles. The molecular formula is C23H23N3O5. The van der Waals surface area contributed by atoms with Crippen molar-refractivity contribution in [2.45, 2.75) is 24.9 Å². The van der Waals surface area contributed by atoms with Crippen molar-refractivity contribution in [2.24, 2.45) is 5.73 Å². The molecule has 160 valence electrons. The lowest BCUT2D eigenvalue weighted by atomic mass is 10.0. The second kappa shape index (κ2) is 8.61. The van der Waals surface area contributed by atoms with Gasteiger partial charge < -0.3 is 25.8 Å². The van der Waals surface area contributed by atoms with Crippen LogP contribution in [-0.2, 0) is 9.53 Å². The Hall–Kier alpha value is -3.65. The second-order valence-corrected chi connectivity index (χ2v) is 7.50. The van der Waals surface area contributed by atoms with Crippen LogP contribution in [0.1, 0.15) is 12.8 Å². The number of rotatable bonds is 9. The van der Waals surface area contributed by atoms with Crippen molar-refractivity contribution in [1.29, 1.82) is 0 Å². The predicted octanol–water partition coefficient (Wildman–Crippen LogP) is 2.15. The van der Waals surface area contributed by atoms with Gasteiger partial charge in [0.05, 0.1) is 7.11 Å². The Morgan fingerprint density at radius 2 is 1.77 bits per heavy atom. The van der Waals surface area contributed by atoms with Gasteiger partial charge in [0.25, 0.3) is 10.9 Å².